The van der Waals surface area contributed by atoms with Crippen LogP contribution < -0.4 is 10.5 Å². The summed E-state index contributed by atoms with van der Waals surface area (Å²) in [5.74, 6) is 0.0936. The van der Waals surface area contributed by atoms with Crippen molar-refractivity contribution < 1.29 is 17.5 Å². The molecule has 1 saturated heterocycles. The lowest BCUT2D eigenvalue weighted by molar-refractivity contribution is 0.222. The highest BCUT2D eigenvalue weighted by Gasteiger charge is 2.28. The van der Waals surface area contributed by atoms with Crippen LogP contribution in [0.5, 0.6) is 5.75 Å². The Hall–Kier alpha value is -2.57. The number of hydrogen-bond donors (Lipinski definition) is 1. The van der Waals surface area contributed by atoms with Crippen molar-refractivity contribution in [1.82, 2.24) is 24.2 Å². The smallest absolute Gasteiger partial charge is 0.243 e. The van der Waals surface area contributed by atoms with Gasteiger partial charge in [0.05, 0.1) is 24.1 Å². The van der Waals surface area contributed by atoms with Gasteiger partial charge in [0.1, 0.15) is 17.1 Å². The van der Waals surface area contributed by atoms with Crippen molar-refractivity contribution in [3.8, 4) is 16.9 Å². The Morgan fingerprint density at radius 2 is 1.91 bits per heavy atom. The molecule has 4 rings (SSSR count). The molecule has 1 fully saturated rings. The summed E-state index contributed by atoms with van der Waals surface area (Å²) in [6.45, 7) is 2.24. The number of nitrogens with two attached hydrogens (primary N) is 1. The van der Waals surface area contributed by atoms with Crippen LogP contribution in [-0.2, 0) is 16.6 Å². The molecule has 0 unspecified atom stereocenters. The molecule has 1 aromatic heterocycles. The van der Waals surface area contributed by atoms with Gasteiger partial charge in [-0.2, -0.15) is 4.31 Å². The number of piperazine rings is 1. The number of rotatable bonds is 7. The molecule has 0 radical (unpaired) electrons. The molecule has 0 aliphatic carbocycles. The van der Waals surface area contributed by atoms with E-state index in [0.29, 0.717) is 54.1 Å². The van der Waals surface area contributed by atoms with Crippen molar-refractivity contribution in [2.75, 3.05) is 46.9 Å². The molecular formula is C22H28ClFN6O3S. The summed E-state index contributed by atoms with van der Waals surface area (Å²) in [7, 11) is -0.172. The Balaban J connectivity index is 0.00000324. The number of halogens is 2. The Morgan fingerprint density at radius 3 is 2.59 bits per heavy atom. The Bertz CT molecular complexity index is 1290. The van der Waals surface area contributed by atoms with Crippen LogP contribution in [-0.4, -0.2) is 79.5 Å². The highest BCUT2D eigenvalue weighted by Crippen LogP contribution is 2.36. The summed E-state index contributed by atoms with van der Waals surface area (Å²) in [4.78, 5) is 2.28. The maximum Gasteiger partial charge on any atom is 0.243 e. The Morgan fingerprint density at radius 1 is 1.18 bits per heavy atom. The fourth-order valence-electron chi connectivity index (χ4n) is 3.90. The maximum absolute atomic E-state index is 14.0. The average molecular weight is 511 g/mol. The van der Waals surface area contributed by atoms with Crippen molar-refractivity contribution in [2.24, 2.45) is 5.73 Å². The van der Waals surface area contributed by atoms with E-state index in [0.717, 1.165) is 0 Å². The van der Waals surface area contributed by atoms with E-state index in [9.17, 15) is 12.8 Å². The first-order valence-corrected chi connectivity index (χ1v) is 12.0. The number of benzene rings is 2. The molecule has 12 heteroatoms. The van der Waals surface area contributed by atoms with Crippen molar-refractivity contribution in [3.05, 3.63) is 48.3 Å². The van der Waals surface area contributed by atoms with Gasteiger partial charge in [0.2, 0.25) is 10.0 Å². The number of aromatic nitrogens is 3. The number of ether oxygens (including phenoxy) is 1. The van der Waals surface area contributed by atoms with Crippen LogP contribution in [0.15, 0.2) is 53.2 Å². The molecule has 34 heavy (non-hydrogen) atoms. The molecule has 184 valence electrons. The summed E-state index contributed by atoms with van der Waals surface area (Å²) in [5.41, 5.74) is 7.73. The first-order valence-electron chi connectivity index (χ1n) is 10.6. The molecule has 1 aliphatic heterocycles. The predicted octanol–water partition coefficient (Wildman–Crippen LogP) is 2.28. The lowest BCUT2D eigenvalue weighted by Gasteiger charge is -2.31. The van der Waals surface area contributed by atoms with Crippen molar-refractivity contribution in [2.45, 2.75) is 11.4 Å². The minimum atomic E-state index is -3.67. The topological polar surface area (TPSA) is 107 Å². The largest absolute Gasteiger partial charge is 0.496 e. The average Bonchev–Trinajstić information content (AvgIpc) is 3.22. The second-order valence-electron chi connectivity index (χ2n) is 7.88. The van der Waals surface area contributed by atoms with Crippen molar-refractivity contribution in [3.63, 3.8) is 0 Å². The van der Waals surface area contributed by atoms with E-state index in [1.54, 1.807) is 30.3 Å². The van der Waals surface area contributed by atoms with Crippen LogP contribution in [0.25, 0.3) is 22.2 Å². The summed E-state index contributed by atoms with van der Waals surface area (Å²) >= 11 is 0. The van der Waals surface area contributed by atoms with E-state index in [1.807, 2.05) is 13.1 Å². The number of nitrogens with zero attached hydrogens (tertiary/aromatic N) is 5. The number of methoxy groups -OCH3 is 1. The molecule has 2 heterocycles. The van der Waals surface area contributed by atoms with E-state index in [1.165, 1.54) is 22.2 Å². The number of allylic oxidation sites excluding steroid dienone is 1. The second kappa shape index (κ2) is 10.8. The van der Waals surface area contributed by atoms with Crippen LogP contribution in [0.3, 0.4) is 0 Å². The normalized spacial score (nSPS) is 15.9. The zero-order valence-corrected chi connectivity index (χ0v) is 20.6. The van der Waals surface area contributed by atoms with Gasteiger partial charge in [0, 0.05) is 43.9 Å². The minimum Gasteiger partial charge on any atom is -0.496 e. The van der Waals surface area contributed by atoms with Gasteiger partial charge in [-0.3, -0.25) is 0 Å². The van der Waals surface area contributed by atoms with E-state index in [-0.39, 0.29) is 30.4 Å². The summed E-state index contributed by atoms with van der Waals surface area (Å²) in [6, 6.07) is 10.2. The van der Waals surface area contributed by atoms with Crippen molar-refractivity contribution in [1.29, 1.82) is 0 Å². The SMILES string of the molecule is COc1ccc(S(=O)(=O)N2CCN(C)CC2)cc1-c1cccc2c1nnn2C/C(F)=C/CN.Cl. The minimum absolute atomic E-state index is 0. The van der Waals surface area contributed by atoms with Gasteiger partial charge in [0.15, 0.2) is 0 Å². The van der Waals surface area contributed by atoms with E-state index in [2.05, 4.69) is 15.2 Å². The zero-order chi connectivity index (χ0) is 23.6. The fourth-order valence-corrected chi connectivity index (χ4v) is 5.35. The highest BCUT2D eigenvalue weighted by atomic mass is 35.5. The molecule has 0 bridgehead atoms. The molecule has 1 aliphatic rings. The molecule has 0 amide bonds. The Kier molecular flexibility index (Phi) is 8.26. The lowest BCUT2D eigenvalue weighted by atomic mass is 10.0. The lowest BCUT2D eigenvalue weighted by Crippen LogP contribution is -2.47. The van der Waals surface area contributed by atoms with Crippen LogP contribution in [0.1, 0.15) is 0 Å². The van der Waals surface area contributed by atoms with Gasteiger partial charge >= 0.3 is 0 Å². The predicted molar refractivity (Wildman–Crippen MR) is 131 cm³/mol. The van der Waals surface area contributed by atoms with Crippen LogP contribution >= 0.6 is 12.4 Å². The molecule has 0 atom stereocenters. The first kappa shape index (κ1) is 26.0. The van der Waals surface area contributed by atoms with Crippen LogP contribution in [0, 0.1) is 0 Å². The third-order valence-corrected chi connectivity index (χ3v) is 7.64. The van der Waals surface area contributed by atoms with Gasteiger partial charge in [-0.05, 0) is 37.4 Å². The molecule has 0 spiro atoms. The monoisotopic (exact) mass is 510 g/mol. The van der Waals surface area contributed by atoms with Gasteiger partial charge in [-0.1, -0.05) is 17.3 Å². The van der Waals surface area contributed by atoms with Gasteiger partial charge in [-0.15, -0.1) is 17.5 Å². The Labute approximate surface area is 204 Å². The molecular weight excluding hydrogens is 483 g/mol. The third-order valence-electron chi connectivity index (χ3n) is 5.75. The van der Waals surface area contributed by atoms with E-state index < -0.39 is 15.9 Å². The van der Waals surface area contributed by atoms with Gasteiger partial charge in [0.25, 0.3) is 0 Å². The molecule has 0 saturated carbocycles. The first-order chi connectivity index (χ1) is 15.8. The zero-order valence-electron chi connectivity index (χ0n) is 19.0. The number of likely N-dealkylation sites (N-methyl/N-ethyl adjacent to an activating group) is 1. The summed E-state index contributed by atoms with van der Waals surface area (Å²) in [6.07, 6.45) is 1.28. The van der Waals surface area contributed by atoms with Crippen LogP contribution in [0.4, 0.5) is 4.39 Å². The van der Waals surface area contributed by atoms with Gasteiger partial charge in [-0.25, -0.2) is 17.5 Å². The number of fused-ring (bicyclic) bond motifs is 1. The van der Waals surface area contributed by atoms with E-state index >= 15 is 0 Å². The van der Waals surface area contributed by atoms with Crippen molar-refractivity contribution >= 4 is 33.5 Å². The quantitative estimate of drug-likeness (QED) is 0.519. The molecule has 2 N–H and O–H groups in total. The maximum atomic E-state index is 14.0. The molecule has 2 aromatic carbocycles. The second-order valence-corrected chi connectivity index (χ2v) is 9.81. The highest BCUT2D eigenvalue weighted by molar-refractivity contribution is 7.89. The summed E-state index contributed by atoms with van der Waals surface area (Å²) < 4.78 is 49.1. The molecule has 3 aromatic rings. The van der Waals surface area contributed by atoms with Crippen LogP contribution in [0.2, 0.25) is 0 Å². The fraction of sp³-hybridized carbons (Fsp3) is 0.364. The third kappa shape index (κ3) is 5.08. The van der Waals surface area contributed by atoms with E-state index in [4.69, 9.17) is 10.5 Å². The standard InChI is InChI=1S/C22H27FN6O3S.ClH/c1-27-10-12-28(13-11-27)33(30,31)17-6-7-21(32-2)19(14-17)18-4-3-5-20-22(18)25-26-29(20)15-16(23)8-9-24;/h3-8,14H,9-13,15,24H2,1-2H3;1H/b16-8-;. The van der Waals surface area contributed by atoms with Gasteiger partial charge < -0.3 is 15.4 Å². The summed E-state index contributed by atoms with van der Waals surface area (Å²) in [5, 5.41) is 8.32. The number of sulfonamides is 1. The molecule has 9 nitrogen and oxygen atoms in total. The number of hydrogen-bond acceptors (Lipinski definition) is 7.